The number of H-pyrrole nitrogens is 1. The maximum atomic E-state index is 13.4. The normalized spacial score (nSPS) is 17.2. The predicted octanol–water partition coefficient (Wildman–Crippen LogP) is 3.77. The largest absolute Gasteiger partial charge is 0.361 e. The molecule has 4 nitrogen and oxygen atoms in total. The van der Waals surface area contributed by atoms with Crippen LogP contribution in [0.1, 0.15) is 25.8 Å². The topological polar surface area (TPSA) is 43.4 Å². The second kappa shape index (κ2) is 7.72. The molecule has 0 bridgehead atoms. The molecule has 1 aliphatic rings. The zero-order chi connectivity index (χ0) is 16.4. The van der Waals surface area contributed by atoms with Gasteiger partial charge in [-0.15, -0.1) is 24.0 Å². The van der Waals surface area contributed by atoms with Crippen LogP contribution in [-0.2, 0) is 6.42 Å². The molecule has 3 rings (SSSR count). The van der Waals surface area contributed by atoms with Gasteiger partial charge in [-0.25, -0.2) is 4.39 Å². The third-order valence-electron chi connectivity index (χ3n) is 4.60. The fourth-order valence-corrected chi connectivity index (χ4v) is 3.29. The van der Waals surface area contributed by atoms with Gasteiger partial charge in [0, 0.05) is 43.8 Å². The number of benzene rings is 1. The summed E-state index contributed by atoms with van der Waals surface area (Å²) in [6.45, 7) is 7.45. The molecule has 1 aliphatic heterocycles. The smallest absolute Gasteiger partial charge is 0.193 e. The van der Waals surface area contributed by atoms with Gasteiger partial charge in [0.1, 0.15) is 5.82 Å². The third kappa shape index (κ3) is 4.20. The van der Waals surface area contributed by atoms with Crippen molar-refractivity contribution in [1.29, 1.82) is 0 Å². The van der Waals surface area contributed by atoms with E-state index in [1.54, 1.807) is 12.1 Å². The number of aromatic amines is 1. The number of hydrogen-bond acceptors (Lipinski definition) is 1. The molecule has 2 N–H and O–H groups in total. The fourth-order valence-electron chi connectivity index (χ4n) is 3.29. The monoisotopic (exact) mass is 444 g/mol. The maximum Gasteiger partial charge on any atom is 0.193 e. The van der Waals surface area contributed by atoms with Crippen molar-refractivity contribution in [2.75, 3.05) is 26.7 Å². The van der Waals surface area contributed by atoms with Crippen LogP contribution in [-0.4, -0.2) is 42.5 Å². The Labute approximate surface area is 159 Å². The summed E-state index contributed by atoms with van der Waals surface area (Å²) in [5, 5.41) is 4.40. The van der Waals surface area contributed by atoms with Gasteiger partial charge in [0.15, 0.2) is 5.96 Å². The number of likely N-dealkylation sites (tertiary alicyclic amines) is 1. The number of hydrogen-bond donors (Lipinski definition) is 2. The molecule has 2 aromatic rings. The molecule has 1 aromatic carbocycles. The molecule has 2 heterocycles. The van der Waals surface area contributed by atoms with E-state index in [9.17, 15) is 4.39 Å². The predicted molar refractivity (Wildman–Crippen MR) is 109 cm³/mol. The number of nitrogens with one attached hydrogen (secondary N) is 2. The van der Waals surface area contributed by atoms with Crippen molar-refractivity contribution in [3.8, 4) is 0 Å². The van der Waals surface area contributed by atoms with Crippen molar-refractivity contribution in [2.24, 2.45) is 10.4 Å². The van der Waals surface area contributed by atoms with Crippen LogP contribution in [0.4, 0.5) is 4.39 Å². The number of guanidine groups is 1. The Balaban J connectivity index is 0.00000208. The van der Waals surface area contributed by atoms with Gasteiger partial charge in [-0.2, -0.15) is 0 Å². The van der Waals surface area contributed by atoms with E-state index in [2.05, 4.69) is 34.0 Å². The zero-order valence-corrected chi connectivity index (χ0v) is 16.9. The number of halogens is 2. The molecular weight excluding hydrogens is 418 g/mol. The van der Waals surface area contributed by atoms with Gasteiger partial charge in [0.2, 0.25) is 0 Å². The summed E-state index contributed by atoms with van der Waals surface area (Å²) in [7, 11) is 1.83. The van der Waals surface area contributed by atoms with Crippen LogP contribution < -0.4 is 5.32 Å². The van der Waals surface area contributed by atoms with E-state index in [1.165, 1.54) is 12.5 Å². The summed E-state index contributed by atoms with van der Waals surface area (Å²) in [6.07, 6.45) is 3.99. The fraction of sp³-hybridized carbons (Fsp3) is 0.500. The summed E-state index contributed by atoms with van der Waals surface area (Å²) in [5.41, 5.74) is 2.46. The Bertz CT molecular complexity index is 723. The summed E-state index contributed by atoms with van der Waals surface area (Å²) in [4.78, 5) is 9.91. The van der Waals surface area contributed by atoms with Gasteiger partial charge >= 0.3 is 0 Å². The molecule has 0 atom stereocenters. The number of aromatic nitrogens is 1. The van der Waals surface area contributed by atoms with E-state index in [-0.39, 0.29) is 29.8 Å². The summed E-state index contributed by atoms with van der Waals surface area (Å²) in [6, 6.07) is 4.86. The van der Waals surface area contributed by atoms with Gasteiger partial charge in [0.25, 0.3) is 0 Å². The summed E-state index contributed by atoms with van der Waals surface area (Å²) in [5.74, 6) is 0.767. The van der Waals surface area contributed by atoms with Crippen molar-refractivity contribution in [2.45, 2.75) is 26.7 Å². The van der Waals surface area contributed by atoms with E-state index in [4.69, 9.17) is 0 Å². The minimum absolute atomic E-state index is 0. The lowest BCUT2D eigenvalue weighted by Gasteiger charge is -2.23. The van der Waals surface area contributed by atoms with Crippen LogP contribution in [0.15, 0.2) is 29.4 Å². The van der Waals surface area contributed by atoms with Crippen LogP contribution in [0.2, 0.25) is 0 Å². The molecule has 1 aromatic heterocycles. The second-order valence-electron chi connectivity index (χ2n) is 7.06. The molecule has 0 amide bonds. The van der Waals surface area contributed by atoms with E-state index in [1.807, 2.05) is 13.2 Å². The Morgan fingerprint density at radius 2 is 2.21 bits per heavy atom. The Hall–Kier alpha value is -1.31. The van der Waals surface area contributed by atoms with E-state index in [0.29, 0.717) is 5.41 Å². The first kappa shape index (κ1) is 19.0. The van der Waals surface area contributed by atoms with Crippen LogP contribution in [0.25, 0.3) is 10.9 Å². The van der Waals surface area contributed by atoms with Crippen molar-refractivity contribution in [3.05, 3.63) is 35.8 Å². The molecule has 0 unspecified atom stereocenters. The first-order valence-corrected chi connectivity index (χ1v) is 8.20. The zero-order valence-electron chi connectivity index (χ0n) is 14.5. The average Bonchev–Trinajstić information content (AvgIpc) is 3.07. The standard InChI is InChI=1S/C18H25FN4.HI/c1-18(2)7-9-23(12-18)17(20-3)21-8-6-13-11-22-16-5-4-14(19)10-15(13)16;/h4-5,10-11,22H,6-9,12H2,1-3H3,(H,20,21);1H. The molecule has 1 saturated heterocycles. The lowest BCUT2D eigenvalue weighted by Crippen LogP contribution is -2.41. The lowest BCUT2D eigenvalue weighted by atomic mass is 9.93. The lowest BCUT2D eigenvalue weighted by molar-refractivity contribution is 0.370. The molecule has 132 valence electrons. The Morgan fingerprint density at radius 1 is 1.42 bits per heavy atom. The number of rotatable bonds is 3. The number of nitrogens with zero attached hydrogens (tertiary/aromatic N) is 2. The molecule has 0 aliphatic carbocycles. The van der Waals surface area contributed by atoms with E-state index < -0.39 is 0 Å². The van der Waals surface area contributed by atoms with Gasteiger partial charge in [-0.05, 0) is 42.0 Å². The van der Waals surface area contributed by atoms with Crippen molar-refractivity contribution in [3.63, 3.8) is 0 Å². The molecule has 6 heteroatoms. The van der Waals surface area contributed by atoms with Gasteiger partial charge < -0.3 is 15.2 Å². The SMILES string of the molecule is CN=C(NCCc1c[nH]c2ccc(F)cc12)N1CCC(C)(C)C1.I. The number of aliphatic imine (C=N–C) groups is 1. The van der Waals surface area contributed by atoms with Crippen LogP contribution >= 0.6 is 24.0 Å². The molecule has 0 radical (unpaired) electrons. The van der Waals surface area contributed by atoms with E-state index in [0.717, 1.165) is 48.5 Å². The van der Waals surface area contributed by atoms with Crippen LogP contribution in [0.3, 0.4) is 0 Å². The highest BCUT2D eigenvalue weighted by Crippen LogP contribution is 2.28. The third-order valence-corrected chi connectivity index (χ3v) is 4.60. The second-order valence-corrected chi connectivity index (χ2v) is 7.06. The Kier molecular flexibility index (Phi) is 6.11. The minimum Gasteiger partial charge on any atom is -0.361 e. The minimum atomic E-state index is -0.193. The first-order valence-electron chi connectivity index (χ1n) is 8.20. The maximum absolute atomic E-state index is 13.4. The molecule has 0 spiro atoms. The van der Waals surface area contributed by atoms with Gasteiger partial charge in [-0.3, -0.25) is 4.99 Å². The van der Waals surface area contributed by atoms with Crippen LogP contribution in [0, 0.1) is 11.2 Å². The average molecular weight is 444 g/mol. The Morgan fingerprint density at radius 3 is 2.88 bits per heavy atom. The van der Waals surface area contributed by atoms with Crippen molar-refractivity contribution >= 4 is 40.8 Å². The van der Waals surface area contributed by atoms with Gasteiger partial charge in [0.05, 0.1) is 0 Å². The molecular formula is C18H26FIN4. The van der Waals surface area contributed by atoms with Crippen molar-refractivity contribution in [1.82, 2.24) is 15.2 Å². The summed E-state index contributed by atoms with van der Waals surface area (Å²) >= 11 is 0. The molecule has 0 saturated carbocycles. The highest BCUT2D eigenvalue weighted by Gasteiger charge is 2.30. The highest BCUT2D eigenvalue weighted by molar-refractivity contribution is 14.0. The van der Waals surface area contributed by atoms with Crippen LogP contribution in [0.5, 0.6) is 0 Å². The number of fused-ring (bicyclic) bond motifs is 1. The van der Waals surface area contributed by atoms with Crippen molar-refractivity contribution < 1.29 is 4.39 Å². The first-order chi connectivity index (χ1) is 11.0. The molecule has 1 fully saturated rings. The molecule has 24 heavy (non-hydrogen) atoms. The highest BCUT2D eigenvalue weighted by atomic mass is 127. The van der Waals surface area contributed by atoms with Gasteiger partial charge in [-0.1, -0.05) is 13.8 Å². The van der Waals surface area contributed by atoms with E-state index >= 15 is 0 Å². The summed E-state index contributed by atoms with van der Waals surface area (Å²) < 4.78 is 13.4. The quantitative estimate of drug-likeness (QED) is 0.430.